The lowest BCUT2D eigenvalue weighted by Crippen LogP contribution is -2.30. The Balaban J connectivity index is 1.98. The molecule has 6 nitrogen and oxygen atoms in total. The van der Waals surface area contributed by atoms with E-state index in [0.717, 1.165) is 36.0 Å². The molecule has 1 unspecified atom stereocenters. The first-order chi connectivity index (χ1) is 14.1. The van der Waals surface area contributed by atoms with Gasteiger partial charge in [-0.05, 0) is 49.1 Å². The van der Waals surface area contributed by atoms with Crippen LogP contribution in [-0.2, 0) is 22.4 Å². The van der Waals surface area contributed by atoms with Crippen LogP contribution in [0.3, 0.4) is 0 Å². The third-order valence-electron chi connectivity index (χ3n) is 5.92. The van der Waals surface area contributed by atoms with E-state index < -0.39 is 24.3 Å². The van der Waals surface area contributed by atoms with E-state index in [1.54, 1.807) is 6.07 Å². The minimum Gasteiger partial charge on any atom is -0.454 e. The van der Waals surface area contributed by atoms with Gasteiger partial charge in [0.2, 0.25) is 0 Å². The zero-order valence-corrected chi connectivity index (χ0v) is 17.9. The maximum atomic E-state index is 13.1. The summed E-state index contributed by atoms with van der Waals surface area (Å²) in [7, 11) is 0. The molecule has 156 valence electrons. The number of para-hydroxylation sites is 1. The first-order valence-corrected chi connectivity index (χ1v) is 10.2. The van der Waals surface area contributed by atoms with Crippen molar-refractivity contribution in [3.63, 3.8) is 0 Å². The summed E-state index contributed by atoms with van der Waals surface area (Å²) < 4.78 is 5.35. The Kier molecular flexibility index (Phi) is 6.02. The number of pyridine rings is 1. The Morgan fingerprint density at radius 3 is 2.67 bits per heavy atom. The lowest BCUT2D eigenvalue weighted by Gasteiger charge is -2.35. The molecule has 1 aliphatic rings. The molecular weight excluding hydrogens is 378 g/mol. The summed E-state index contributed by atoms with van der Waals surface area (Å²) in [5.74, 6) is -1.94. The van der Waals surface area contributed by atoms with Crippen LogP contribution < -0.4 is 0 Å². The summed E-state index contributed by atoms with van der Waals surface area (Å²) in [5, 5.41) is 17.4. The summed E-state index contributed by atoms with van der Waals surface area (Å²) in [6.45, 7) is 7.48. The van der Waals surface area contributed by atoms with Crippen molar-refractivity contribution in [2.24, 2.45) is 17.3 Å². The SMILES string of the molecule is CC(=N)C(C#N)C(=O)COC(=O)c1c2c(nc3ccccc13)CC[C@@H](C(C)(C)C)C2. The van der Waals surface area contributed by atoms with E-state index in [1.165, 1.54) is 6.92 Å². The summed E-state index contributed by atoms with van der Waals surface area (Å²) in [6, 6.07) is 9.25. The largest absolute Gasteiger partial charge is 0.454 e. The first-order valence-electron chi connectivity index (χ1n) is 10.2. The number of esters is 1. The molecule has 0 fully saturated rings. The number of nitriles is 1. The van der Waals surface area contributed by atoms with Crippen molar-refractivity contribution in [2.75, 3.05) is 6.61 Å². The fraction of sp³-hybridized carbons (Fsp3) is 0.458. The molecule has 3 rings (SSSR count). The smallest absolute Gasteiger partial charge is 0.339 e. The molecule has 0 amide bonds. The third kappa shape index (κ3) is 4.25. The number of hydrogen-bond donors (Lipinski definition) is 1. The Hall–Kier alpha value is -3.07. The van der Waals surface area contributed by atoms with Gasteiger partial charge in [0.25, 0.3) is 0 Å². The topological polar surface area (TPSA) is 104 Å². The molecule has 2 aromatic rings. The number of ketones is 1. The maximum absolute atomic E-state index is 13.1. The first kappa shape index (κ1) is 21.6. The van der Waals surface area contributed by atoms with Gasteiger partial charge in [0, 0.05) is 16.8 Å². The van der Waals surface area contributed by atoms with Gasteiger partial charge in [-0.3, -0.25) is 9.78 Å². The molecule has 0 bridgehead atoms. The Labute approximate surface area is 176 Å². The molecule has 0 saturated heterocycles. The molecule has 0 radical (unpaired) electrons. The molecule has 0 saturated carbocycles. The second kappa shape index (κ2) is 8.35. The molecule has 2 atom stereocenters. The van der Waals surface area contributed by atoms with Crippen LogP contribution in [0.25, 0.3) is 10.9 Å². The second-order valence-electron chi connectivity index (χ2n) is 9.02. The molecule has 1 aromatic carbocycles. The Morgan fingerprint density at radius 1 is 1.33 bits per heavy atom. The zero-order chi connectivity index (χ0) is 22.1. The number of nitrogens with one attached hydrogen (secondary N) is 1. The van der Waals surface area contributed by atoms with Gasteiger partial charge in [0.15, 0.2) is 12.4 Å². The monoisotopic (exact) mass is 405 g/mol. The molecule has 30 heavy (non-hydrogen) atoms. The van der Waals surface area contributed by atoms with Crippen LogP contribution in [0.1, 0.15) is 55.7 Å². The van der Waals surface area contributed by atoms with Gasteiger partial charge in [-0.25, -0.2) is 4.79 Å². The van der Waals surface area contributed by atoms with E-state index in [2.05, 4.69) is 20.8 Å². The number of aryl methyl sites for hydroxylation is 1. The van der Waals surface area contributed by atoms with Gasteiger partial charge >= 0.3 is 5.97 Å². The van der Waals surface area contributed by atoms with Crippen LogP contribution in [0, 0.1) is 34.0 Å². The van der Waals surface area contributed by atoms with Gasteiger partial charge < -0.3 is 10.1 Å². The van der Waals surface area contributed by atoms with E-state index in [-0.39, 0.29) is 11.1 Å². The van der Waals surface area contributed by atoms with E-state index in [0.29, 0.717) is 16.9 Å². The minimum atomic E-state index is -1.19. The van der Waals surface area contributed by atoms with E-state index in [4.69, 9.17) is 20.4 Å². The number of benzene rings is 1. The summed E-state index contributed by atoms with van der Waals surface area (Å²) in [4.78, 5) is 30.2. The van der Waals surface area contributed by atoms with Crippen molar-refractivity contribution in [1.29, 1.82) is 10.7 Å². The van der Waals surface area contributed by atoms with Crippen LogP contribution in [0.4, 0.5) is 0 Å². The molecule has 1 aliphatic carbocycles. The van der Waals surface area contributed by atoms with Crippen molar-refractivity contribution in [1.82, 2.24) is 4.98 Å². The second-order valence-corrected chi connectivity index (χ2v) is 9.02. The number of aromatic nitrogens is 1. The molecule has 1 N–H and O–H groups in total. The number of Topliss-reactive ketones (excluding diaryl/α,β-unsaturated/α-hetero) is 1. The fourth-order valence-corrected chi connectivity index (χ4v) is 4.06. The lowest BCUT2D eigenvalue weighted by molar-refractivity contribution is -0.122. The quantitative estimate of drug-likeness (QED) is 0.590. The van der Waals surface area contributed by atoms with Crippen LogP contribution in [0.2, 0.25) is 0 Å². The Morgan fingerprint density at radius 2 is 2.03 bits per heavy atom. The molecule has 6 heteroatoms. The normalized spacial score (nSPS) is 17.0. The fourth-order valence-electron chi connectivity index (χ4n) is 4.06. The molecule has 0 spiro atoms. The number of ether oxygens (including phenoxy) is 1. The van der Waals surface area contributed by atoms with E-state index in [1.807, 2.05) is 24.3 Å². The third-order valence-corrected chi connectivity index (χ3v) is 5.92. The predicted octanol–water partition coefficient (Wildman–Crippen LogP) is 4.29. The van der Waals surface area contributed by atoms with Crippen LogP contribution in [-0.4, -0.2) is 29.1 Å². The average molecular weight is 405 g/mol. The van der Waals surface area contributed by atoms with Crippen molar-refractivity contribution in [3.05, 3.63) is 41.1 Å². The van der Waals surface area contributed by atoms with Gasteiger partial charge in [-0.1, -0.05) is 39.0 Å². The highest BCUT2D eigenvalue weighted by molar-refractivity contribution is 6.08. The molecular formula is C24H27N3O3. The summed E-state index contributed by atoms with van der Waals surface area (Å²) in [6.07, 6.45) is 2.54. The van der Waals surface area contributed by atoms with E-state index in [9.17, 15) is 9.59 Å². The minimum absolute atomic E-state index is 0.0571. The highest BCUT2D eigenvalue weighted by Crippen LogP contribution is 2.39. The van der Waals surface area contributed by atoms with Crippen LogP contribution >= 0.6 is 0 Å². The van der Waals surface area contributed by atoms with Crippen LogP contribution in [0.5, 0.6) is 0 Å². The van der Waals surface area contributed by atoms with Crippen LogP contribution in [0.15, 0.2) is 24.3 Å². The van der Waals surface area contributed by atoms with Crippen molar-refractivity contribution < 1.29 is 14.3 Å². The summed E-state index contributed by atoms with van der Waals surface area (Å²) >= 11 is 0. The highest BCUT2D eigenvalue weighted by atomic mass is 16.5. The Bertz CT molecular complexity index is 1060. The van der Waals surface area contributed by atoms with Crippen molar-refractivity contribution >= 4 is 28.4 Å². The molecule has 1 heterocycles. The number of carbonyl (C=O) groups excluding carboxylic acids is 2. The molecule has 1 aromatic heterocycles. The van der Waals surface area contributed by atoms with Gasteiger partial charge in [-0.2, -0.15) is 5.26 Å². The number of hydrogen-bond acceptors (Lipinski definition) is 6. The standard InChI is InChI=1S/C24H27N3O3/c1-14(26)18(12-25)21(28)13-30-23(29)22-16-7-5-6-8-19(16)27-20-10-9-15(11-17(20)22)24(2,3)4/h5-8,15,18,26H,9-11,13H2,1-4H3/t15-,18?/m1/s1. The number of fused-ring (bicyclic) bond motifs is 2. The number of carbonyl (C=O) groups is 2. The lowest BCUT2D eigenvalue weighted by atomic mass is 9.70. The number of rotatable bonds is 5. The number of nitrogens with zero attached hydrogens (tertiary/aromatic N) is 2. The molecule has 0 aliphatic heterocycles. The maximum Gasteiger partial charge on any atom is 0.339 e. The van der Waals surface area contributed by atoms with Gasteiger partial charge in [0.1, 0.15) is 5.92 Å². The van der Waals surface area contributed by atoms with Crippen molar-refractivity contribution in [2.45, 2.75) is 47.0 Å². The zero-order valence-electron chi connectivity index (χ0n) is 17.9. The summed E-state index contributed by atoms with van der Waals surface area (Å²) in [5.41, 5.74) is 3.06. The van der Waals surface area contributed by atoms with E-state index >= 15 is 0 Å². The average Bonchev–Trinajstić information content (AvgIpc) is 2.69. The predicted molar refractivity (Wildman–Crippen MR) is 115 cm³/mol. The highest BCUT2D eigenvalue weighted by Gasteiger charge is 2.33. The van der Waals surface area contributed by atoms with Crippen molar-refractivity contribution in [3.8, 4) is 6.07 Å². The van der Waals surface area contributed by atoms with Gasteiger partial charge in [0.05, 0.1) is 17.1 Å². The van der Waals surface area contributed by atoms with Gasteiger partial charge in [-0.15, -0.1) is 0 Å².